The minimum Gasteiger partial charge on any atom is -0.545 e. The third-order valence-electron chi connectivity index (χ3n) is 2.48. The first-order valence-corrected chi connectivity index (χ1v) is 5.31. The van der Waals surface area contributed by atoms with Gasteiger partial charge in [0, 0.05) is 0 Å². The zero-order valence-electron chi connectivity index (χ0n) is 11.2. The van der Waals surface area contributed by atoms with Crippen molar-refractivity contribution in [3.8, 4) is 0 Å². The van der Waals surface area contributed by atoms with Crippen LogP contribution in [0.4, 0.5) is 0 Å². The number of benzene rings is 1. The van der Waals surface area contributed by atoms with Crippen LogP contribution in [0.5, 0.6) is 0 Å². The van der Waals surface area contributed by atoms with Crippen LogP contribution in [0.3, 0.4) is 0 Å². The molecule has 3 heteroatoms. The van der Waals surface area contributed by atoms with E-state index in [0.717, 1.165) is 5.56 Å². The number of hydrogen-bond acceptors (Lipinski definition) is 2. The van der Waals surface area contributed by atoms with Crippen LogP contribution in [-0.2, 0) is 10.2 Å². The van der Waals surface area contributed by atoms with Crippen LogP contribution in [-0.4, -0.2) is 5.97 Å². The first-order chi connectivity index (χ1) is 7.30. The van der Waals surface area contributed by atoms with Gasteiger partial charge in [-0.1, -0.05) is 51.1 Å². The first kappa shape index (κ1) is 16.4. The van der Waals surface area contributed by atoms with Gasteiger partial charge in [0.25, 0.3) is 0 Å². The molecule has 0 spiro atoms. The van der Waals surface area contributed by atoms with E-state index >= 15 is 0 Å². The first-order valence-electron chi connectivity index (χ1n) is 5.31. The van der Waals surface area contributed by atoms with E-state index in [1.807, 2.05) is 24.3 Å². The van der Waals surface area contributed by atoms with Crippen LogP contribution in [0.25, 0.3) is 6.08 Å². The molecule has 0 saturated heterocycles. The Hall–Kier alpha value is -0.570. The molecule has 0 saturated carbocycles. The maximum absolute atomic E-state index is 10.6. The molecular formula is C14H17NaO2. The molecule has 1 aromatic carbocycles. The molecule has 17 heavy (non-hydrogen) atoms. The second-order valence-corrected chi connectivity index (χ2v) is 4.99. The van der Waals surface area contributed by atoms with Crippen LogP contribution in [0.2, 0.25) is 0 Å². The molecule has 0 bridgehead atoms. The van der Waals surface area contributed by atoms with Gasteiger partial charge in [0.05, 0.1) is 5.97 Å². The molecule has 0 N–H and O–H groups in total. The Morgan fingerprint density at radius 3 is 2.00 bits per heavy atom. The van der Waals surface area contributed by atoms with Gasteiger partial charge in [-0.15, -0.1) is 0 Å². The van der Waals surface area contributed by atoms with Crippen molar-refractivity contribution >= 4 is 12.0 Å². The molecule has 0 unspecified atom stereocenters. The maximum atomic E-state index is 10.6. The summed E-state index contributed by atoms with van der Waals surface area (Å²) < 4.78 is 0. The zero-order chi connectivity index (χ0) is 12.3. The minimum atomic E-state index is -1.13. The molecule has 1 rings (SSSR count). The zero-order valence-corrected chi connectivity index (χ0v) is 13.2. The predicted molar refractivity (Wildman–Crippen MR) is 63.8 cm³/mol. The summed E-state index contributed by atoms with van der Waals surface area (Å²) in [5.74, 6) is -1.13. The number of carboxylic acid groups (broad SMARTS) is 1. The van der Waals surface area contributed by atoms with Gasteiger partial charge >= 0.3 is 29.6 Å². The van der Waals surface area contributed by atoms with E-state index in [4.69, 9.17) is 0 Å². The standard InChI is InChI=1S/C14H18O2.Na/c1-10(13(15)16)9-11-5-7-12(8-6-11)14(2,3)4;/h5-9H,1-4H3,(H,15,16);/q;+1/p-1. The number of carboxylic acids is 1. The molecule has 0 aliphatic rings. The molecule has 0 aliphatic carbocycles. The van der Waals surface area contributed by atoms with Gasteiger partial charge in [-0.3, -0.25) is 0 Å². The smallest absolute Gasteiger partial charge is 0.545 e. The molecule has 0 radical (unpaired) electrons. The topological polar surface area (TPSA) is 40.1 Å². The fourth-order valence-corrected chi connectivity index (χ4v) is 1.39. The summed E-state index contributed by atoms with van der Waals surface area (Å²) in [6, 6.07) is 7.89. The van der Waals surface area contributed by atoms with E-state index in [1.165, 1.54) is 12.5 Å². The van der Waals surface area contributed by atoms with Crippen molar-refractivity contribution in [3.63, 3.8) is 0 Å². The van der Waals surface area contributed by atoms with Crippen molar-refractivity contribution in [1.29, 1.82) is 0 Å². The summed E-state index contributed by atoms with van der Waals surface area (Å²) in [5.41, 5.74) is 2.47. The van der Waals surface area contributed by atoms with Gasteiger partial charge < -0.3 is 9.90 Å². The van der Waals surface area contributed by atoms with E-state index in [1.54, 1.807) is 6.08 Å². The number of aliphatic carboxylic acids is 1. The largest absolute Gasteiger partial charge is 1.00 e. The molecule has 86 valence electrons. The number of hydrogen-bond donors (Lipinski definition) is 0. The SMILES string of the molecule is CC(=Cc1ccc(C(C)(C)C)cc1)C(=O)[O-].[Na+]. The van der Waals surface area contributed by atoms with Gasteiger partial charge in [0.15, 0.2) is 0 Å². The third-order valence-corrected chi connectivity index (χ3v) is 2.48. The second-order valence-electron chi connectivity index (χ2n) is 4.99. The minimum absolute atomic E-state index is 0. The summed E-state index contributed by atoms with van der Waals surface area (Å²) in [4.78, 5) is 10.6. The Morgan fingerprint density at radius 1 is 1.18 bits per heavy atom. The molecule has 0 heterocycles. The van der Waals surface area contributed by atoms with Crippen molar-refractivity contribution in [2.75, 3.05) is 0 Å². The Labute approximate surface area is 125 Å². The maximum Gasteiger partial charge on any atom is 1.00 e. The Morgan fingerprint density at radius 2 is 1.65 bits per heavy atom. The molecule has 0 aromatic heterocycles. The molecule has 0 amide bonds. The summed E-state index contributed by atoms with van der Waals surface area (Å²) in [7, 11) is 0. The average Bonchev–Trinajstić information content (AvgIpc) is 2.17. The fourth-order valence-electron chi connectivity index (χ4n) is 1.39. The molecule has 0 fully saturated rings. The van der Waals surface area contributed by atoms with Crippen LogP contribution >= 0.6 is 0 Å². The quantitative estimate of drug-likeness (QED) is 0.498. The monoisotopic (exact) mass is 240 g/mol. The van der Waals surface area contributed by atoms with Crippen LogP contribution < -0.4 is 34.7 Å². The number of rotatable bonds is 2. The average molecular weight is 240 g/mol. The molecular weight excluding hydrogens is 223 g/mol. The van der Waals surface area contributed by atoms with E-state index in [9.17, 15) is 9.90 Å². The Balaban J connectivity index is 0.00000256. The molecule has 2 nitrogen and oxygen atoms in total. The van der Waals surface area contributed by atoms with Crippen molar-refractivity contribution in [2.24, 2.45) is 0 Å². The molecule has 0 atom stereocenters. The predicted octanol–water partition coefficient (Wildman–Crippen LogP) is -0.859. The van der Waals surface area contributed by atoms with Gasteiger partial charge in [0.2, 0.25) is 0 Å². The summed E-state index contributed by atoms with van der Waals surface area (Å²) in [6.07, 6.45) is 1.61. The fraction of sp³-hybridized carbons (Fsp3) is 0.357. The summed E-state index contributed by atoms with van der Waals surface area (Å²) in [5, 5.41) is 10.6. The molecule has 1 aromatic rings. The van der Waals surface area contributed by atoms with Gasteiger partial charge in [-0.2, -0.15) is 0 Å². The van der Waals surface area contributed by atoms with E-state index in [-0.39, 0.29) is 40.5 Å². The Kier molecular flexibility index (Phi) is 6.17. The summed E-state index contributed by atoms with van der Waals surface area (Å²) in [6.45, 7) is 7.96. The Bertz CT molecular complexity index is 411. The van der Waals surface area contributed by atoms with E-state index in [0.29, 0.717) is 0 Å². The van der Waals surface area contributed by atoms with Crippen LogP contribution in [0.15, 0.2) is 29.8 Å². The van der Waals surface area contributed by atoms with Gasteiger partial charge in [0.1, 0.15) is 0 Å². The van der Waals surface area contributed by atoms with Crippen molar-refractivity contribution in [3.05, 3.63) is 41.0 Å². The molecule has 0 aliphatic heterocycles. The van der Waals surface area contributed by atoms with Crippen molar-refractivity contribution in [2.45, 2.75) is 33.1 Å². The van der Waals surface area contributed by atoms with Crippen LogP contribution in [0.1, 0.15) is 38.8 Å². The summed E-state index contributed by atoms with van der Waals surface area (Å²) >= 11 is 0. The van der Waals surface area contributed by atoms with Gasteiger partial charge in [-0.25, -0.2) is 0 Å². The van der Waals surface area contributed by atoms with E-state index in [2.05, 4.69) is 20.8 Å². The second kappa shape index (κ2) is 6.39. The number of carbonyl (C=O) groups excluding carboxylic acids is 1. The van der Waals surface area contributed by atoms with Gasteiger partial charge in [-0.05, 0) is 29.0 Å². The third kappa shape index (κ3) is 5.07. The van der Waals surface area contributed by atoms with Crippen molar-refractivity contribution in [1.82, 2.24) is 0 Å². The van der Waals surface area contributed by atoms with Crippen LogP contribution in [0, 0.1) is 0 Å². The number of carbonyl (C=O) groups is 1. The normalized spacial score (nSPS) is 11.9. The van der Waals surface area contributed by atoms with Crippen molar-refractivity contribution < 1.29 is 39.5 Å². The van der Waals surface area contributed by atoms with E-state index < -0.39 is 5.97 Å².